The highest BCUT2D eigenvalue weighted by molar-refractivity contribution is 7.47. The second-order valence-corrected chi connectivity index (χ2v) is 33.1. The fourth-order valence-electron chi connectivity index (χ4n) is 14.8. The molecule has 3 aliphatic rings. The number of phosphoric ester groups is 2. The van der Waals surface area contributed by atoms with Crippen molar-refractivity contribution in [3.63, 3.8) is 0 Å². The minimum atomic E-state index is -4.94. The summed E-state index contributed by atoms with van der Waals surface area (Å²) in [4.78, 5) is 68.4. The molecule has 11 N–H and O–H groups in total. The van der Waals surface area contributed by atoms with Crippen LogP contribution in [0.15, 0.2) is 85.5 Å². The number of fused-ring (bicyclic) bond motifs is 3. The smallest absolute Gasteiger partial charge is 0.472 e. The number of carbonyl (C=O) groups excluding carboxylic acids is 2. The molecule has 0 aliphatic carbocycles. The fraction of sp³-hybridized carbons (Fsp3) is 0.646. The number of hydrogen-bond donors (Lipinski definition) is 9. The van der Waals surface area contributed by atoms with Gasteiger partial charge in [0.05, 0.1) is 80.4 Å². The van der Waals surface area contributed by atoms with Gasteiger partial charge in [-0.2, -0.15) is 20.7 Å². The number of nitrogens with zero attached hydrogens (tertiary/aromatic N) is 9. The van der Waals surface area contributed by atoms with Crippen LogP contribution in [-0.4, -0.2) is 189 Å². The Labute approximate surface area is 679 Å². The van der Waals surface area contributed by atoms with Crippen LogP contribution in [0.25, 0.3) is 11.0 Å². The standard InChI is InChI=1S/C41H59N6O10P.C41H62N5O11P/c1-2-3-4-5-6-7-8-9-10-11-12-13-14-15-16-19-24-54-25-30(46-39(50)31-20-17-18-21-32(31)40(46)51)26-55-58(52,53)56-27-34-36(48)37(49)41(28-42,57-34)35-23-22-33-38(43)44-29-45-47(33)35;1-2-3-4-5-6-7-8-9-10-11-12-13-14-15-16-19-24-53-26-32(54-25-31-20-17-18-21-33(31)40(49)50)27-55-58(51,52)56-28-35-37(47)38(48)41(29-42,57-35)36-23-22-34-39(43)44-30-45-46(34)36/h17-18,20-23,29-30,34,36-37,48-49H,2-16,19,24-27H2,1H3,(H,52,53)(H2,43,44,45);17-18,20-23,30,32,35,37-38,47-48H,2-16,19,24-28H2,1H3,(H,49,50)(H,51,52)(H2,43,44,45)/t30-,34-,36-,37-,41+;32-,35-,37-,38-,41+/m11/s1. The van der Waals surface area contributed by atoms with E-state index in [0.717, 1.165) is 62.5 Å². The number of nitriles is 2. The average Bonchev–Trinajstić information content (AvgIpc) is 1.59. The molecule has 2 aromatic carbocycles. The summed E-state index contributed by atoms with van der Waals surface area (Å²) in [5.41, 5.74) is 9.16. The van der Waals surface area contributed by atoms with Crippen LogP contribution in [0, 0.1) is 22.7 Å². The monoisotopic (exact) mass is 1660 g/mol. The number of hydrogen-bond acceptors (Lipinski definition) is 26. The second-order valence-electron chi connectivity index (χ2n) is 30.2. The zero-order chi connectivity index (χ0) is 83.4. The van der Waals surface area contributed by atoms with Gasteiger partial charge in [-0.05, 0) is 60.9 Å². The van der Waals surface area contributed by atoms with Gasteiger partial charge in [0, 0.05) is 13.2 Å². The van der Waals surface area contributed by atoms with Crippen molar-refractivity contribution in [3.05, 3.63) is 119 Å². The number of phosphoric acid groups is 2. The van der Waals surface area contributed by atoms with Crippen LogP contribution in [0.2, 0.25) is 0 Å². The summed E-state index contributed by atoms with van der Waals surface area (Å²) in [7, 11) is -9.76. The van der Waals surface area contributed by atoms with E-state index in [1.54, 1.807) is 30.3 Å². The molecule has 12 atom stereocenters. The van der Waals surface area contributed by atoms with Crippen molar-refractivity contribution in [2.75, 3.05) is 64.3 Å². The Morgan fingerprint density at radius 2 is 0.888 bits per heavy atom. The molecule has 3 aliphatic heterocycles. The van der Waals surface area contributed by atoms with E-state index in [-0.39, 0.29) is 59.5 Å². The molecular formula is C82H121N11O21P2. The minimum absolute atomic E-state index is 0.00531. The maximum Gasteiger partial charge on any atom is 0.472 e. The summed E-state index contributed by atoms with van der Waals surface area (Å²) >= 11 is 0. The van der Waals surface area contributed by atoms with Crippen molar-refractivity contribution in [2.24, 2.45) is 0 Å². The number of anilines is 2. The molecule has 0 radical (unpaired) electrons. The third-order valence-electron chi connectivity index (χ3n) is 21.4. The molecule has 2 fully saturated rings. The number of benzene rings is 2. The number of unbranched alkanes of at least 4 members (excludes halogenated alkanes) is 30. The topological polar surface area (TPSA) is 473 Å². The molecule has 9 rings (SSSR count). The molecule has 2 saturated heterocycles. The molecule has 4 aromatic heterocycles. The number of ether oxygens (including phenoxy) is 5. The number of carboxylic acid groups (broad SMARTS) is 1. The molecule has 0 saturated carbocycles. The van der Waals surface area contributed by atoms with Crippen LogP contribution in [0.1, 0.15) is 267 Å². The van der Waals surface area contributed by atoms with Crippen molar-refractivity contribution in [1.82, 2.24) is 34.1 Å². The lowest BCUT2D eigenvalue weighted by Gasteiger charge is -2.27. The molecule has 7 heterocycles. The van der Waals surface area contributed by atoms with E-state index in [4.69, 9.17) is 53.2 Å². The van der Waals surface area contributed by atoms with Crippen molar-refractivity contribution < 1.29 is 101 Å². The molecule has 32 nitrogen and oxygen atoms in total. The average molecular weight is 1660 g/mol. The first-order chi connectivity index (χ1) is 56.1. The van der Waals surface area contributed by atoms with Crippen LogP contribution in [-0.2, 0) is 68.7 Å². The van der Waals surface area contributed by atoms with Gasteiger partial charge in [0.25, 0.3) is 11.8 Å². The number of imide groups is 1. The van der Waals surface area contributed by atoms with Gasteiger partial charge in [-0.1, -0.05) is 237 Å². The summed E-state index contributed by atoms with van der Waals surface area (Å²) in [5.74, 6) is -2.07. The van der Waals surface area contributed by atoms with Gasteiger partial charge < -0.3 is 70.5 Å². The predicted octanol–water partition coefficient (Wildman–Crippen LogP) is 13.1. The van der Waals surface area contributed by atoms with Gasteiger partial charge in [0.2, 0.25) is 11.2 Å². The molecule has 0 spiro atoms. The van der Waals surface area contributed by atoms with E-state index < -0.39 is 120 Å². The summed E-state index contributed by atoms with van der Waals surface area (Å²) in [6.07, 6.45) is 31.4. The van der Waals surface area contributed by atoms with E-state index in [0.29, 0.717) is 29.8 Å². The largest absolute Gasteiger partial charge is 0.478 e. The minimum Gasteiger partial charge on any atom is -0.478 e. The Morgan fingerprint density at radius 1 is 0.517 bits per heavy atom. The number of aromatic carboxylic acids is 1. The lowest BCUT2D eigenvalue weighted by molar-refractivity contribution is -0.0690. The van der Waals surface area contributed by atoms with Crippen LogP contribution in [0.5, 0.6) is 0 Å². The van der Waals surface area contributed by atoms with Crippen molar-refractivity contribution >= 4 is 56.1 Å². The molecule has 640 valence electrons. The number of aliphatic hydroxyl groups excluding tert-OH is 4. The van der Waals surface area contributed by atoms with Crippen molar-refractivity contribution in [2.45, 2.75) is 286 Å². The SMILES string of the molecule is CCCCCCCCCCCCCCCCCCOC[C@H](COP(=O)(O)OC[C@H]1O[C@@](C#N)(c2ccc3c(N)ncnn23)[C@H](O)[C@@H]1O)N1C(=O)c2ccccc2C1=O.CCCCCCCCCCCCCCCCCCOC[C@H](COP(=O)(O)OC[C@H]1O[C@@](C#N)(c2ccc3c(N)ncnn23)[C@H](O)[C@@H]1O)OCc1ccccc1C(=O)O. The van der Waals surface area contributed by atoms with E-state index in [2.05, 4.69) is 34.0 Å². The van der Waals surface area contributed by atoms with Crippen LogP contribution < -0.4 is 11.5 Å². The maximum absolute atomic E-state index is 13.3. The Hall–Kier alpha value is -7.27. The Balaban J connectivity index is 0.000000290. The number of rotatable bonds is 57. The third-order valence-corrected chi connectivity index (χ3v) is 23.3. The molecule has 0 bridgehead atoms. The quantitative estimate of drug-likeness (QED) is 0.00972. The molecule has 2 unspecified atom stereocenters. The summed E-state index contributed by atoms with van der Waals surface area (Å²) in [5, 5.41) is 81.7. The van der Waals surface area contributed by atoms with E-state index in [1.807, 2.05) is 12.1 Å². The van der Waals surface area contributed by atoms with Crippen LogP contribution in [0.3, 0.4) is 0 Å². The van der Waals surface area contributed by atoms with E-state index in [9.17, 15) is 69.4 Å². The van der Waals surface area contributed by atoms with Gasteiger partial charge >= 0.3 is 21.6 Å². The number of carboxylic acids is 1. The number of nitrogen functional groups attached to an aromatic ring is 2. The predicted molar refractivity (Wildman–Crippen MR) is 430 cm³/mol. The molecule has 34 heteroatoms. The third kappa shape index (κ3) is 27.1. The normalized spacial score (nSPS) is 21.5. The number of carbonyl (C=O) groups is 3. The van der Waals surface area contributed by atoms with Gasteiger partial charge in [-0.15, -0.1) is 0 Å². The first-order valence-corrected chi connectivity index (χ1v) is 44.4. The second kappa shape index (κ2) is 48.7. The van der Waals surface area contributed by atoms with Crippen molar-refractivity contribution in [3.8, 4) is 12.1 Å². The maximum atomic E-state index is 13.3. The van der Waals surface area contributed by atoms with Gasteiger partial charge in [-0.3, -0.25) is 32.6 Å². The van der Waals surface area contributed by atoms with E-state index >= 15 is 0 Å². The highest BCUT2D eigenvalue weighted by Crippen LogP contribution is 2.49. The van der Waals surface area contributed by atoms with E-state index in [1.165, 1.54) is 212 Å². The number of nitrogens with two attached hydrogens (primary N) is 2. The first-order valence-electron chi connectivity index (χ1n) is 41.4. The molecule has 6 aromatic rings. The lowest BCUT2D eigenvalue weighted by Crippen LogP contribution is -2.45. The number of aromatic nitrogens is 6. The summed E-state index contributed by atoms with van der Waals surface area (Å²) in [6.45, 7) is 2.45. The Bertz CT molecular complexity index is 4150. The molecular weight excluding hydrogens is 1540 g/mol. The van der Waals surface area contributed by atoms with Crippen molar-refractivity contribution in [1.29, 1.82) is 10.5 Å². The number of amides is 2. The van der Waals surface area contributed by atoms with Gasteiger partial charge in [0.1, 0.15) is 78.6 Å². The zero-order valence-corrected chi connectivity index (χ0v) is 68.9. The summed E-state index contributed by atoms with van der Waals surface area (Å²) in [6, 6.07) is 21.3. The lowest BCUT2D eigenvalue weighted by atomic mass is 9.92. The van der Waals surface area contributed by atoms with Gasteiger partial charge in [0.15, 0.2) is 11.6 Å². The fourth-order valence-corrected chi connectivity index (χ4v) is 16.3. The zero-order valence-electron chi connectivity index (χ0n) is 67.1. The molecule has 2 amide bonds. The van der Waals surface area contributed by atoms with Crippen LogP contribution in [0.4, 0.5) is 11.6 Å². The Morgan fingerprint density at radius 3 is 1.28 bits per heavy atom. The highest BCUT2D eigenvalue weighted by atomic mass is 31.2. The Kier molecular flexibility index (Phi) is 39.6. The highest BCUT2D eigenvalue weighted by Gasteiger charge is 2.59. The summed E-state index contributed by atoms with van der Waals surface area (Å²) < 4.78 is 78.9. The van der Waals surface area contributed by atoms with Gasteiger partial charge in [-0.25, -0.2) is 32.9 Å². The molecule has 116 heavy (non-hydrogen) atoms. The number of aliphatic hydroxyl groups is 4. The van der Waals surface area contributed by atoms with Crippen LogP contribution >= 0.6 is 15.6 Å². The first kappa shape index (κ1) is 94.2.